The molecule has 4 N–H and O–H groups in total. The molecule has 1 aliphatic rings. The van der Waals surface area contributed by atoms with Crippen LogP contribution in [-0.4, -0.2) is 65.5 Å². The van der Waals surface area contributed by atoms with Crippen molar-refractivity contribution in [2.24, 2.45) is 0 Å². The molecule has 2 aromatic rings. The van der Waals surface area contributed by atoms with Gasteiger partial charge in [0.1, 0.15) is 24.6 Å². The van der Waals surface area contributed by atoms with Crippen LogP contribution < -0.4 is 5.56 Å². The average Bonchev–Trinajstić information content (AvgIpc) is 3.34. The summed E-state index contributed by atoms with van der Waals surface area (Å²) in [6, 6.07) is 0. The lowest BCUT2D eigenvalue weighted by Gasteiger charge is -2.32. The Morgan fingerprint density at radius 2 is 1.78 bits per heavy atom. The highest BCUT2D eigenvalue weighted by molar-refractivity contribution is 5.88. The van der Waals surface area contributed by atoms with Crippen molar-refractivity contribution < 1.29 is 24.9 Å². The average molecular weight is 451 g/mol. The van der Waals surface area contributed by atoms with Crippen molar-refractivity contribution in [3.05, 3.63) is 23.0 Å². The van der Waals surface area contributed by atoms with Gasteiger partial charge in [-0.1, -0.05) is 58.3 Å². The topological polar surface area (TPSA) is 151 Å². The van der Waals surface area contributed by atoms with Crippen LogP contribution in [0.2, 0.25) is 0 Å². The van der Waals surface area contributed by atoms with Gasteiger partial charge in [0.05, 0.1) is 12.9 Å². The number of hydrogen-bond acceptors (Lipinski definition) is 8. The molecule has 0 aliphatic carbocycles. The molecule has 10 heteroatoms. The highest BCUT2D eigenvalue weighted by Crippen LogP contribution is 2.39. The largest absolute Gasteiger partial charge is 0.394 e. The van der Waals surface area contributed by atoms with Gasteiger partial charge in [-0.2, -0.15) is 0 Å². The van der Waals surface area contributed by atoms with E-state index in [0.717, 1.165) is 19.3 Å². The fraction of sp³-hybridized carbons (Fsp3) is 0.727. The molecular formula is C22H34N4O6. The number of aromatic nitrogens is 4. The van der Waals surface area contributed by atoms with Crippen molar-refractivity contribution in [3.63, 3.8) is 0 Å². The molecule has 2 aromatic heterocycles. The van der Waals surface area contributed by atoms with Crippen LogP contribution in [0, 0.1) is 0 Å². The maximum Gasteiger partial charge on any atom is 0.278 e. The zero-order valence-electron chi connectivity index (χ0n) is 18.6. The summed E-state index contributed by atoms with van der Waals surface area (Å²) < 4.78 is 6.99. The third-order valence-electron chi connectivity index (χ3n) is 6.22. The molecule has 1 saturated heterocycles. The number of aliphatic hydroxyl groups excluding tert-OH is 3. The van der Waals surface area contributed by atoms with Gasteiger partial charge in [-0.25, -0.2) is 9.97 Å². The van der Waals surface area contributed by atoms with Gasteiger partial charge in [0.15, 0.2) is 16.9 Å². The quantitative estimate of drug-likeness (QED) is 0.334. The van der Waals surface area contributed by atoms with E-state index in [-0.39, 0.29) is 17.6 Å². The molecule has 1 aliphatic heterocycles. The highest BCUT2D eigenvalue weighted by Gasteiger charge is 2.60. The second-order valence-electron chi connectivity index (χ2n) is 8.49. The van der Waals surface area contributed by atoms with E-state index < -0.39 is 42.0 Å². The number of aliphatic hydroxyl groups is 3. The molecule has 3 heterocycles. The van der Waals surface area contributed by atoms with E-state index in [4.69, 9.17) is 4.74 Å². The van der Waals surface area contributed by atoms with Crippen LogP contribution in [0.3, 0.4) is 0 Å². The van der Waals surface area contributed by atoms with E-state index >= 15 is 0 Å². The van der Waals surface area contributed by atoms with E-state index in [1.807, 2.05) is 0 Å². The number of ether oxygens (including phenoxy) is 1. The Balaban J connectivity index is 1.73. The zero-order chi connectivity index (χ0) is 23.1. The van der Waals surface area contributed by atoms with E-state index in [0.29, 0.717) is 6.42 Å². The molecule has 32 heavy (non-hydrogen) atoms. The Kier molecular flexibility index (Phi) is 8.52. The van der Waals surface area contributed by atoms with Crippen molar-refractivity contribution >= 4 is 16.9 Å². The number of Topliss-reactive ketones (excluding diaryl/α,β-unsaturated/α-hetero) is 1. The molecule has 4 atom stereocenters. The normalized spacial score (nSPS) is 25.6. The number of unbranched alkanes of at least 4 members (excludes halogenated alkanes) is 8. The van der Waals surface area contributed by atoms with Gasteiger partial charge >= 0.3 is 0 Å². The first-order valence-corrected chi connectivity index (χ1v) is 11.6. The summed E-state index contributed by atoms with van der Waals surface area (Å²) in [6.07, 6.45) is 7.97. The van der Waals surface area contributed by atoms with Gasteiger partial charge in [-0.05, 0) is 6.42 Å². The number of rotatable bonds is 13. The molecule has 0 aromatic carbocycles. The lowest BCUT2D eigenvalue weighted by molar-refractivity contribution is -0.174. The summed E-state index contributed by atoms with van der Waals surface area (Å²) in [5, 5.41) is 30.8. The summed E-state index contributed by atoms with van der Waals surface area (Å²) in [5.41, 5.74) is -2.47. The number of hydrogen-bond donors (Lipinski definition) is 4. The number of H-pyrrole nitrogens is 1. The van der Waals surface area contributed by atoms with Crippen LogP contribution in [0.1, 0.15) is 71.1 Å². The van der Waals surface area contributed by atoms with Crippen molar-refractivity contribution in [2.45, 2.75) is 95.2 Å². The van der Waals surface area contributed by atoms with Gasteiger partial charge < -0.3 is 25.0 Å². The predicted octanol–water partition coefficient (Wildman–Crippen LogP) is 1.38. The van der Waals surface area contributed by atoms with E-state index in [9.17, 15) is 24.9 Å². The first kappa shape index (κ1) is 24.5. The maximum atomic E-state index is 13.4. The number of carbonyl (C=O) groups excluding carboxylic acids is 1. The van der Waals surface area contributed by atoms with Gasteiger partial charge in [0.25, 0.3) is 5.56 Å². The molecular weight excluding hydrogens is 416 g/mol. The second-order valence-corrected chi connectivity index (χ2v) is 8.49. The number of nitrogens with one attached hydrogen (secondary N) is 1. The van der Waals surface area contributed by atoms with E-state index in [2.05, 4.69) is 21.9 Å². The lowest BCUT2D eigenvalue weighted by atomic mass is 9.94. The molecule has 0 unspecified atom stereocenters. The monoisotopic (exact) mass is 450 g/mol. The molecule has 0 spiro atoms. The Bertz CT molecular complexity index is 944. The standard InChI is InChI=1S/C22H34N4O6/c1-2-3-4-5-6-7-8-9-10-11-16(28)22(19(30)18(29)15(12-27)32-22)26-14-25-17-20(26)23-13-24-21(17)31/h13-15,18-19,27,29-30H,2-12H2,1H3,(H,23,24,31)/t15-,18-,19-,22-/m1/s1. The number of aromatic amines is 1. The zero-order valence-corrected chi connectivity index (χ0v) is 18.6. The number of fused-ring (bicyclic) bond motifs is 1. The maximum absolute atomic E-state index is 13.4. The van der Waals surface area contributed by atoms with E-state index in [1.54, 1.807) is 0 Å². The summed E-state index contributed by atoms with van der Waals surface area (Å²) in [4.78, 5) is 36.0. The predicted molar refractivity (Wildman–Crippen MR) is 117 cm³/mol. The Morgan fingerprint density at radius 3 is 2.41 bits per heavy atom. The van der Waals surface area contributed by atoms with E-state index in [1.165, 1.54) is 49.3 Å². The van der Waals surface area contributed by atoms with Gasteiger partial charge in [0.2, 0.25) is 5.72 Å². The Labute approximate surface area is 186 Å². The lowest BCUT2D eigenvalue weighted by Crippen LogP contribution is -2.51. The molecule has 0 amide bonds. The van der Waals surface area contributed by atoms with Crippen LogP contribution >= 0.6 is 0 Å². The second kappa shape index (κ2) is 11.1. The summed E-state index contributed by atoms with van der Waals surface area (Å²) in [5.74, 6) is -0.454. The summed E-state index contributed by atoms with van der Waals surface area (Å²) in [6.45, 7) is 1.61. The van der Waals surface area contributed by atoms with Crippen LogP contribution in [-0.2, 0) is 15.3 Å². The smallest absolute Gasteiger partial charge is 0.278 e. The fourth-order valence-corrected chi connectivity index (χ4v) is 4.38. The van der Waals surface area contributed by atoms with Gasteiger partial charge in [-0.3, -0.25) is 14.2 Å². The molecule has 178 valence electrons. The van der Waals surface area contributed by atoms with Crippen LogP contribution in [0.4, 0.5) is 0 Å². The van der Waals surface area contributed by atoms with Crippen molar-refractivity contribution in [1.82, 2.24) is 19.5 Å². The third-order valence-corrected chi connectivity index (χ3v) is 6.22. The number of imidazole rings is 1. The highest BCUT2D eigenvalue weighted by atomic mass is 16.6. The van der Waals surface area contributed by atoms with Crippen LogP contribution in [0.5, 0.6) is 0 Å². The van der Waals surface area contributed by atoms with Crippen molar-refractivity contribution in [1.29, 1.82) is 0 Å². The molecule has 0 bridgehead atoms. The molecule has 0 saturated carbocycles. The minimum absolute atomic E-state index is 0.0134. The number of carbonyl (C=O) groups is 1. The fourth-order valence-electron chi connectivity index (χ4n) is 4.38. The van der Waals surface area contributed by atoms with Gasteiger partial charge in [0, 0.05) is 6.42 Å². The molecule has 3 rings (SSSR count). The van der Waals surface area contributed by atoms with Crippen LogP contribution in [0.15, 0.2) is 17.4 Å². The Morgan fingerprint density at radius 1 is 1.12 bits per heavy atom. The molecule has 1 fully saturated rings. The van der Waals surface area contributed by atoms with Crippen molar-refractivity contribution in [2.75, 3.05) is 6.61 Å². The summed E-state index contributed by atoms with van der Waals surface area (Å²) in [7, 11) is 0. The van der Waals surface area contributed by atoms with Crippen LogP contribution in [0.25, 0.3) is 11.2 Å². The minimum Gasteiger partial charge on any atom is -0.394 e. The molecule has 10 nitrogen and oxygen atoms in total. The number of nitrogens with zero attached hydrogens (tertiary/aromatic N) is 3. The SMILES string of the molecule is CCCCCCCCCCCC(=O)[C@@]1(n2cnc3c(=O)[nH]cnc32)O[C@H](CO)[C@@H](O)[C@H]1O. The molecule has 0 radical (unpaired) electrons. The Hall–Kier alpha value is -2.14. The van der Waals surface area contributed by atoms with Gasteiger partial charge in [-0.15, -0.1) is 0 Å². The minimum atomic E-state index is -2.01. The number of ketones is 1. The summed E-state index contributed by atoms with van der Waals surface area (Å²) >= 11 is 0. The first-order chi connectivity index (χ1) is 15.5. The third kappa shape index (κ3) is 4.78. The van der Waals surface area contributed by atoms with Crippen molar-refractivity contribution in [3.8, 4) is 0 Å². The first-order valence-electron chi connectivity index (χ1n) is 11.6.